The number of anilines is 2. The van der Waals surface area contributed by atoms with Crippen LogP contribution in [0.4, 0.5) is 11.4 Å². The largest absolute Gasteiger partial charge is 0.493 e. The molecule has 1 aliphatic heterocycles. The number of ether oxygens (including phenoxy) is 2. The average molecular weight is 511 g/mol. The molecule has 1 heterocycles. The predicted octanol–water partition coefficient (Wildman–Crippen LogP) is 6.40. The van der Waals surface area contributed by atoms with Crippen LogP contribution in [0.2, 0.25) is 5.02 Å². The molecule has 0 aliphatic carbocycles. The second kappa shape index (κ2) is 10.5. The van der Waals surface area contributed by atoms with Gasteiger partial charge in [-0.15, -0.1) is 0 Å². The van der Waals surface area contributed by atoms with Crippen LogP contribution in [0.25, 0.3) is 6.08 Å². The molecule has 0 N–H and O–H groups in total. The van der Waals surface area contributed by atoms with E-state index in [4.69, 9.17) is 33.3 Å². The third-order valence-corrected chi connectivity index (χ3v) is 6.77. The minimum atomic E-state index is -0.144. The normalized spacial score (nSPS) is 14.6. The van der Waals surface area contributed by atoms with E-state index in [0.29, 0.717) is 32.4 Å². The van der Waals surface area contributed by atoms with Crippen molar-refractivity contribution in [3.8, 4) is 11.5 Å². The predicted molar refractivity (Wildman–Crippen MR) is 145 cm³/mol. The first-order valence-corrected chi connectivity index (χ1v) is 12.1. The second-order valence-electron chi connectivity index (χ2n) is 7.75. The van der Waals surface area contributed by atoms with E-state index in [1.165, 1.54) is 11.8 Å². The topological polar surface area (TPSA) is 42.0 Å². The molecule has 0 radical (unpaired) electrons. The van der Waals surface area contributed by atoms with Crippen molar-refractivity contribution in [2.24, 2.45) is 0 Å². The fraction of sp³-hybridized carbons (Fsp3) is 0.154. The fourth-order valence-corrected chi connectivity index (χ4v) is 4.80. The Morgan fingerprint density at radius 2 is 1.74 bits per heavy atom. The summed E-state index contributed by atoms with van der Waals surface area (Å²) in [4.78, 5) is 17.2. The number of carbonyl (C=O) groups excluding carboxylic acids is 1. The van der Waals surface area contributed by atoms with Crippen LogP contribution in [0.15, 0.2) is 71.6 Å². The molecule has 0 atom stereocenters. The molecule has 3 aromatic carbocycles. The number of hydrogen-bond donors (Lipinski definition) is 0. The van der Waals surface area contributed by atoms with E-state index >= 15 is 0 Å². The molecular weight excluding hydrogens is 488 g/mol. The SMILES string of the molecule is COc1cc(/C=C2/SC(=S)N(c3ccc(N(C)C)cc3)C2=O)ccc1OCc1ccc(Cl)cc1. The van der Waals surface area contributed by atoms with E-state index in [1.54, 1.807) is 12.0 Å². The van der Waals surface area contributed by atoms with Crippen LogP contribution in [-0.4, -0.2) is 31.4 Å². The van der Waals surface area contributed by atoms with Crippen LogP contribution in [-0.2, 0) is 11.4 Å². The van der Waals surface area contributed by atoms with Crippen molar-refractivity contribution >= 4 is 63.3 Å². The van der Waals surface area contributed by atoms with Gasteiger partial charge in [-0.3, -0.25) is 9.69 Å². The molecule has 1 amide bonds. The zero-order valence-electron chi connectivity index (χ0n) is 18.9. The van der Waals surface area contributed by atoms with Gasteiger partial charge in [-0.1, -0.05) is 53.8 Å². The Bertz CT molecular complexity index is 1240. The molecule has 3 aromatic rings. The molecule has 0 aromatic heterocycles. The molecule has 0 bridgehead atoms. The quantitative estimate of drug-likeness (QED) is 0.270. The first-order chi connectivity index (χ1) is 16.4. The number of carbonyl (C=O) groups is 1. The van der Waals surface area contributed by atoms with E-state index in [9.17, 15) is 4.79 Å². The Morgan fingerprint density at radius 3 is 2.38 bits per heavy atom. The summed E-state index contributed by atoms with van der Waals surface area (Å²) in [5, 5.41) is 0.682. The van der Waals surface area contributed by atoms with Gasteiger partial charge in [0.05, 0.1) is 17.7 Å². The first-order valence-electron chi connectivity index (χ1n) is 10.5. The van der Waals surface area contributed by atoms with Gasteiger partial charge in [0.1, 0.15) is 6.61 Å². The summed E-state index contributed by atoms with van der Waals surface area (Å²) in [6, 6.07) is 20.8. The van der Waals surface area contributed by atoms with Crippen molar-refractivity contribution in [3.05, 3.63) is 87.8 Å². The highest BCUT2D eigenvalue weighted by Gasteiger charge is 2.33. The summed E-state index contributed by atoms with van der Waals surface area (Å²) in [5.41, 5.74) is 3.62. The van der Waals surface area contributed by atoms with Gasteiger partial charge in [0.25, 0.3) is 5.91 Å². The standard InChI is InChI=1S/C26H23ClN2O3S2/c1-28(2)20-9-11-21(12-10-20)29-25(30)24(34-26(29)33)15-18-6-13-22(23(14-18)31-3)32-16-17-4-7-19(27)8-5-17/h4-15H,16H2,1-3H3/b24-15+. The molecule has 1 fully saturated rings. The molecule has 8 heteroatoms. The number of methoxy groups -OCH3 is 1. The molecule has 0 unspecified atom stereocenters. The van der Waals surface area contributed by atoms with Gasteiger partial charge < -0.3 is 14.4 Å². The maximum absolute atomic E-state index is 13.1. The number of amides is 1. The van der Waals surface area contributed by atoms with E-state index in [1.807, 2.05) is 91.8 Å². The van der Waals surface area contributed by atoms with Gasteiger partial charge in [-0.2, -0.15) is 0 Å². The van der Waals surface area contributed by atoms with Gasteiger partial charge in [0.2, 0.25) is 0 Å². The molecule has 4 rings (SSSR count). The van der Waals surface area contributed by atoms with Gasteiger partial charge in [-0.05, 0) is 65.7 Å². The summed E-state index contributed by atoms with van der Waals surface area (Å²) in [5.74, 6) is 1.05. The van der Waals surface area contributed by atoms with Crippen molar-refractivity contribution in [2.45, 2.75) is 6.61 Å². The van der Waals surface area contributed by atoms with Crippen molar-refractivity contribution in [1.82, 2.24) is 0 Å². The van der Waals surface area contributed by atoms with Crippen molar-refractivity contribution < 1.29 is 14.3 Å². The lowest BCUT2D eigenvalue weighted by Crippen LogP contribution is -2.27. The van der Waals surface area contributed by atoms with Gasteiger partial charge in [0, 0.05) is 24.8 Å². The van der Waals surface area contributed by atoms with E-state index in [2.05, 4.69) is 0 Å². The Labute approximate surface area is 213 Å². The number of hydrogen-bond acceptors (Lipinski definition) is 6. The Balaban J connectivity index is 1.51. The average Bonchev–Trinajstić information content (AvgIpc) is 3.11. The zero-order valence-corrected chi connectivity index (χ0v) is 21.3. The van der Waals surface area contributed by atoms with Crippen molar-refractivity contribution in [2.75, 3.05) is 31.0 Å². The minimum Gasteiger partial charge on any atom is -0.493 e. The number of halogens is 1. The van der Waals surface area contributed by atoms with E-state index in [0.717, 1.165) is 22.5 Å². The molecule has 1 saturated heterocycles. The van der Waals surface area contributed by atoms with Gasteiger partial charge >= 0.3 is 0 Å². The Kier molecular flexibility index (Phi) is 7.46. The molecule has 174 valence electrons. The van der Waals surface area contributed by atoms with Crippen LogP contribution in [0.1, 0.15) is 11.1 Å². The smallest absolute Gasteiger partial charge is 0.270 e. The summed E-state index contributed by atoms with van der Waals surface area (Å²) in [6.45, 7) is 0.387. The molecule has 1 aliphatic rings. The maximum atomic E-state index is 13.1. The minimum absolute atomic E-state index is 0.144. The molecule has 5 nitrogen and oxygen atoms in total. The highest BCUT2D eigenvalue weighted by atomic mass is 35.5. The first kappa shape index (κ1) is 24.1. The molecule has 34 heavy (non-hydrogen) atoms. The lowest BCUT2D eigenvalue weighted by atomic mass is 10.1. The monoisotopic (exact) mass is 510 g/mol. The van der Waals surface area contributed by atoms with Gasteiger partial charge in [-0.25, -0.2) is 0 Å². The number of nitrogens with zero attached hydrogens (tertiary/aromatic N) is 2. The third kappa shape index (κ3) is 5.38. The van der Waals surface area contributed by atoms with Crippen LogP contribution >= 0.6 is 35.6 Å². The Morgan fingerprint density at radius 1 is 1.03 bits per heavy atom. The van der Waals surface area contributed by atoms with E-state index in [-0.39, 0.29) is 5.91 Å². The molecule has 0 saturated carbocycles. The lowest BCUT2D eigenvalue weighted by molar-refractivity contribution is -0.113. The lowest BCUT2D eigenvalue weighted by Gasteiger charge is -2.17. The number of benzene rings is 3. The number of thioether (sulfide) groups is 1. The summed E-state index contributed by atoms with van der Waals surface area (Å²) >= 11 is 12.7. The van der Waals surface area contributed by atoms with E-state index < -0.39 is 0 Å². The van der Waals surface area contributed by atoms with Crippen molar-refractivity contribution in [1.29, 1.82) is 0 Å². The third-order valence-electron chi connectivity index (χ3n) is 5.21. The maximum Gasteiger partial charge on any atom is 0.270 e. The number of thiocarbonyl (C=S) groups is 1. The van der Waals surface area contributed by atoms with Crippen LogP contribution in [0.3, 0.4) is 0 Å². The number of rotatable bonds is 7. The Hall–Kier alpha value is -3.00. The second-order valence-corrected chi connectivity index (χ2v) is 9.87. The highest BCUT2D eigenvalue weighted by Crippen LogP contribution is 2.37. The highest BCUT2D eigenvalue weighted by molar-refractivity contribution is 8.27. The summed E-state index contributed by atoms with van der Waals surface area (Å²) in [7, 11) is 5.53. The van der Waals surface area contributed by atoms with Crippen molar-refractivity contribution in [3.63, 3.8) is 0 Å². The summed E-state index contributed by atoms with van der Waals surface area (Å²) < 4.78 is 11.9. The van der Waals surface area contributed by atoms with Crippen LogP contribution < -0.4 is 19.3 Å². The molecular formula is C26H23ClN2O3S2. The summed E-state index contributed by atoms with van der Waals surface area (Å²) in [6.07, 6.45) is 1.82. The molecule has 0 spiro atoms. The zero-order chi connectivity index (χ0) is 24.2. The van der Waals surface area contributed by atoms with Gasteiger partial charge in [0.15, 0.2) is 15.8 Å². The van der Waals surface area contributed by atoms with Crippen LogP contribution in [0, 0.1) is 0 Å². The fourth-order valence-electron chi connectivity index (χ4n) is 3.38. The van der Waals surface area contributed by atoms with Crippen LogP contribution in [0.5, 0.6) is 11.5 Å².